The van der Waals surface area contributed by atoms with Crippen molar-refractivity contribution in [3.63, 3.8) is 0 Å². The topological polar surface area (TPSA) is 41.6 Å². The second kappa shape index (κ2) is 7.57. The van der Waals surface area contributed by atoms with E-state index in [1.807, 2.05) is 39.2 Å². The SMILES string of the molecule is Cc1ccc(OCCN(C)C)cc1C(=O)NC1(c2cccc3sccc23)CC1. The van der Waals surface area contributed by atoms with E-state index in [0.717, 1.165) is 30.7 Å². The number of nitrogens with zero attached hydrogens (tertiary/aromatic N) is 1. The Morgan fingerprint density at radius 1 is 1.21 bits per heavy atom. The summed E-state index contributed by atoms with van der Waals surface area (Å²) in [5.41, 5.74) is 2.63. The largest absolute Gasteiger partial charge is 0.492 e. The van der Waals surface area contributed by atoms with Crippen molar-refractivity contribution in [2.45, 2.75) is 25.3 Å². The molecule has 0 aliphatic heterocycles. The molecule has 0 radical (unpaired) electrons. The average molecular weight is 395 g/mol. The van der Waals surface area contributed by atoms with Crippen LogP contribution in [0.3, 0.4) is 0 Å². The van der Waals surface area contributed by atoms with E-state index in [0.29, 0.717) is 12.2 Å². The predicted molar refractivity (Wildman–Crippen MR) is 115 cm³/mol. The Bertz CT molecular complexity index is 1000. The van der Waals surface area contributed by atoms with Crippen LogP contribution in [0, 0.1) is 6.92 Å². The standard InChI is InChI=1S/C23H26N2O2S/c1-16-7-8-17(27-13-12-25(2)3)15-19(16)22(26)24-23(10-11-23)20-5-4-6-21-18(20)9-14-28-21/h4-9,14-15H,10-13H2,1-3H3,(H,24,26). The van der Waals surface area contributed by atoms with Crippen LogP contribution < -0.4 is 10.1 Å². The van der Waals surface area contributed by atoms with Crippen molar-refractivity contribution in [2.24, 2.45) is 0 Å². The Balaban J connectivity index is 1.54. The van der Waals surface area contributed by atoms with Crippen LogP contribution >= 0.6 is 11.3 Å². The van der Waals surface area contributed by atoms with Crippen LogP contribution in [-0.4, -0.2) is 38.1 Å². The number of hydrogen-bond donors (Lipinski definition) is 1. The number of rotatable bonds is 7. The first kappa shape index (κ1) is 19.0. The van der Waals surface area contributed by atoms with Crippen LogP contribution in [0.1, 0.15) is 34.3 Å². The van der Waals surface area contributed by atoms with E-state index in [2.05, 4.69) is 39.9 Å². The number of thiophene rings is 1. The highest BCUT2D eigenvalue weighted by molar-refractivity contribution is 7.17. The summed E-state index contributed by atoms with van der Waals surface area (Å²) in [7, 11) is 4.03. The maximum absolute atomic E-state index is 13.1. The molecule has 1 aliphatic carbocycles. The molecule has 0 unspecified atom stereocenters. The Morgan fingerprint density at radius 2 is 2.04 bits per heavy atom. The highest BCUT2D eigenvalue weighted by Crippen LogP contribution is 2.48. The quantitative estimate of drug-likeness (QED) is 0.638. The zero-order valence-electron chi connectivity index (χ0n) is 16.6. The summed E-state index contributed by atoms with van der Waals surface area (Å²) < 4.78 is 7.09. The molecule has 28 heavy (non-hydrogen) atoms. The molecule has 1 N–H and O–H groups in total. The number of hydrogen-bond acceptors (Lipinski definition) is 4. The van der Waals surface area contributed by atoms with Gasteiger partial charge in [-0.05, 0) is 80.0 Å². The Hall–Kier alpha value is -2.37. The highest BCUT2D eigenvalue weighted by atomic mass is 32.1. The van der Waals surface area contributed by atoms with E-state index in [4.69, 9.17) is 4.74 Å². The lowest BCUT2D eigenvalue weighted by Crippen LogP contribution is -2.35. The average Bonchev–Trinajstić information content (AvgIpc) is 3.27. The number of aryl methyl sites for hydroxylation is 1. The smallest absolute Gasteiger partial charge is 0.252 e. The molecule has 0 spiro atoms. The van der Waals surface area contributed by atoms with Crippen molar-refractivity contribution in [2.75, 3.05) is 27.2 Å². The van der Waals surface area contributed by atoms with Gasteiger partial charge in [0.05, 0.1) is 5.54 Å². The molecule has 4 rings (SSSR count). The fraction of sp³-hybridized carbons (Fsp3) is 0.348. The fourth-order valence-electron chi connectivity index (χ4n) is 3.56. The second-order valence-electron chi connectivity index (χ2n) is 7.80. The number of benzene rings is 2. The molecule has 146 valence electrons. The van der Waals surface area contributed by atoms with Crippen LogP contribution in [0.4, 0.5) is 0 Å². The molecule has 1 heterocycles. The third kappa shape index (κ3) is 3.77. The molecular weight excluding hydrogens is 368 g/mol. The molecule has 4 nitrogen and oxygen atoms in total. The zero-order valence-corrected chi connectivity index (χ0v) is 17.4. The van der Waals surface area contributed by atoms with E-state index in [9.17, 15) is 4.79 Å². The minimum Gasteiger partial charge on any atom is -0.492 e. The monoisotopic (exact) mass is 394 g/mol. The van der Waals surface area contributed by atoms with Crippen molar-refractivity contribution in [3.05, 3.63) is 64.5 Å². The van der Waals surface area contributed by atoms with Crippen molar-refractivity contribution < 1.29 is 9.53 Å². The molecule has 0 bridgehead atoms. The van der Waals surface area contributed by atoms with Gasteiger partial charge in [-0.1, -0.05) is 18.2 Å². The summed E-state index contributed by atoms with van der Waals surface area (Å²) in [6.07, 6.45) is 1.96. The van der Waals surface area contributed by atoms with Crippen molar-refractivity contribution >= 4 is 27.3 Å². The van der Waals surface area contributed by atoms with Gasteiger partial charge in [0.1, 0.15) is 12.4 Å². The summed E-state index contributed by atoms with van der Waals surface area (Å²) in [5.74, 6) is 0.711. The maximum Gasteiger partial charge on any atom is 0.252 e. The van der Waals surface area contributed by atoms with Gasteiger partial charge in [-0.25, -0.2) is 0 Å². The molecule has 1 saturated carbocycles. The van der Waals surface area contributed by atoms with Crippen LogP contribution in [0.25, 0.3) is 10.1 Å². The molecule has 0 saturated heterocycles. The van der Waals surface area contributed by atoms with E-state index in [1.54, 1.807) is 11.3 Å². The van der Waals surface area contributed by atoms with Crippen molar-refractivity contribution in [3.8, 4) is 5.75 Å². The number of nitrogens with one attached hydrogen (secondary N) is 1. The van der Waals surface area contributed by atoms with Gasteiger partial charge in [-0.3, -0.25) is 4.79 Å². The van der Waals surface area contributed by atoms with Crippen LogP contribution in [0.15, 0.2) is 47.8 Å². The lowest BCUT2D eigenvalue weighted by atomic mass is 9.99. The van der Waals surface area contributed by atoms with Crippen molar-refractivity contribution in [1.29, 1.82) is 0 Å². The van der Waals surface area contributed by atoms with E-state index < -0.39 is 0 Å². The molecule has 2 aromatic carbocycles. The van der Waals surface area contributed by atoms with Crippen molar-refractivity contribution in [1.82, 2.24) is 10.2 Å². The molecule has 1 amide bonds. The summed E-state index contributed by atoms with van der Waals surface area (Å²) in [6, 6.07) is 14.3. The third-order valence-electron chi connectivity index (χ3n) is 5.38. The number of likely N-dealkylation sites (N-methyl/N-ethyl adjacent to an activating group) is 1. The van der Waals surface area contributed by atoms with Gasteiger partial charge in [0.25, 0.3) is 5.91 Å². The molecule has 3 aromatic rings. The van der Waals surface area contributed by atoms with Gasteiger partial charge in [-0.15, -0.1) is 11.3 Å². The Morgan fingerprint density at radius 3 is 2.79 bits per heavy atom. The molecule has 1 aromatic heterocycles. The van der Waals surface area contributed by atoms with E-state index in [-0.39, 0.29) is 11.4 Å². The first-order valence-corrected chi connectivity index (χ1v) is 10.5. The number of fused-ring (bicyclic) bond motifs is 1. The van der Waals surface area contributed by atoms with Gasteiger partial charge >= 0.3 is 0 Å². The van der Waals surface area contributed by atoms with Crippen LogP contribution in [0.5, 0.6) is 5.75 Å². The molecule has 5 heteroatoms. The molecule has 1 fully saturated rings. The number of carbonyl (C=O) groups excluding carboxylic acids is 1. The summed E-state index contributed by atoms with van der Waals surface area (Å²) >= 11 is 1.74. The lowest BCUT2D eigenvalue weighted by Gasteiger charge is -2.20. The van der Waals surface area contributed by atoms with Gasteiger partial charge in [0, 0.05) is 16.8 Å². The van der Waals surface area contributed by atoms with Gasteiger partial charge in [0.15, 0.2) is 0 Å². The predicted octanol–water partition coefficient (Wildman–Crippen LogP) is 4.57. The summed E-state index contributed by atoms with van der Waals surface area (Å²) in [6.45, 7) is 3.40. The minimum absolute atomic E-state index is 0.0275. The normalized spacial score (nSPS) is 15.0. The van der Waals surface area contributed by atoms with Crippen LogP contribution in [-0.2, 0) is 5.54 Å². The van der Waals surface area contributed by atoms with Gasteiger partial charge < -0.3 is 15.0 Å². The maximum atomic E-state index is 13.1. The first-order chi connectivity index (χ1) is 13.5. The molecule has 0 atom stereocenters. The number of amides is 1. The Labute approximate surface area is 170 Å². The van der Waals surface area contributed by atoms with Gasteiger partial charge in [0.2, 0.25) is 0 Å². The minimum atomic E-state index is -0.244. The van der Waals surface area contributed by atoms with E-state index >= 15 is 0 Å². The molecule has 1 aliphatic rings. The van der Waals surface area contributed by atoms with Gasteiger partial charge in [-0.2, -0.15) is 0 Å². The highest BCUT2D eigenvalue weighted by Gasteiger charge is 2.46. The lowest BCUT2D eigenvalue weighted by molar-refractivity contribution is 0.0930. The molecular formula is C23H26N2O2S. The fourth-order valence-corrected chi connectivity index (χ4v) is 4.38. The third-order valence-corrected chi connectivity index (χ3v) is 6.26. The Kier molecular flexibility index (Phi) is 5.13. The van der Waals surface area contributed by atoms with E-state index in [1.165, 1.54) is 15.6 Å². The number of ether oxygens (including phenoxy) is 1. The second-order valence-corrected chi connectivity index (χ2v) is 8.75. The van der Waals surface area contributed by atoms with Crippen LogP contribution in [0.2, 0.25) is 0 Å². The summed E-state index contributed by atoms with van der Waals surface area (Å²) in [4.78, 5) is 15.2. The summed E-state index contributed by atoms with van der Waals surface area (Å²) in [5, 5.41) is 6.69. The first-order valence-electron chi connectivity index (χ1n) is 9.66. The number of carbonyl (C=O) groups is 1. The zero-order chi connectivity index (χ0) is 19.7.